The number of rotatable bonds is 4. The Morgan fingerprint density at radius 3 is 2.42 bits per heavy atom. The highest BCUT2D eigenvalue weighted by molar-refractivity contribution is 6.66. The van der Waals surface area contributed by atoms with Gasteiger partial charge in [-0.05, 0) is 6.42 Å². The number of hydrogen-bond acceptors (Lipinski definition) is 4. The molecule has 0 bridgehead atoms. The first-order valence-corrected chi connectivity index (χ1v) is 3.32. The maximum Gasteiger partial charge on any atom is 0.429 e. The predicted molar refractivity (Wildman–Crippen MR) is 43.4 cm³/mol. The minimum Gasteiger partial charge on any atom is -0.557 e. The van der Waals surface area contributed by atoms with Gasteiger partial charge in [-0.1, -0.05) is 21.3 Å². The summed E-state index contributed by atoms with van der Waals surface area (Å²) in [6.07, 6.45) is 0.625. The van der Waals surface area contributed by atoms with Crippen LogP contribution in [0.2, 0.25) is 0 Å². The van der Waals surface area contributed by atoms with Crippen LogP contribution in [0, 0.1) is 5.92 Å². The van der Waals surface area contributed by atoms with Crippen LogP contribution in [-0.4, -0.2) is 19.3 Å². The lowest BCUT2D eigenvalue weighted by Gasteiger charge is -2.08. The Hall–Kier alpha value is -0.995. The zero-order valence-corrected chi connectivity index (χ0v) is 6.49. The van der Waals surface area contributed by atoms with Crippen LogP contribution in [0.1, 0.15) is 27.7 Å². The first-order chi connectivity index (χ1) is 5.07. The minimum atomic E-state index is -1.50. The number of hydrogen-bond donors (Lipinski definition) is 0. The van der Waals surface area contributed by atoms with E-state index in [9.17, 15) is 14.7 Å². The molecule has 0 aromatic carbocycles. The third-order valence-electron chi connectivity index (χ3n) is 1.29. The van der Waals surface area contributed by atoms with Crippen molar-refractivity contribution in [3.63, 3.8) is 0 Å². The van der Waals surface area contributed by atoms with Crippen molar-refractivity contribution >= 4 is 19.3 Å². The first-order valence-electron chi connectivity index (χ1n) is 3.32. The normalized spacial score (nSPS) is 10.8. The van der Waals surface area contributed by atoms with E-state index in [1.165, 1.54) is 0 Å². The summed E-state index contributed by atoms with van der Waals surface area (Å²) in [4.78, 5) is 20.5. The second-order valence-corrected chi connectivity index (χ2v) is 2.18. The van der Waals surface area contributed by atoms with Gasteiger partial charge >= 0.3 is 7.48 Å². The molecule has 0 aliphatic heterocycles. The molecule has 0 amide bonds. The molecule has 0 aliphatic carbocycles. The second kappa shape index (κ2) is 6.70. The molecule has 0 aromatic rings. The fraction of sp³-hybridized carbons (Fsp3) is 0.714. The molecule has 1 radical (unpaired) electrons. The zero-order valence-electron chi connectivity index (χ0n) is 6.49. The van der Waals surface area contributed by atoms with Gasteiger partial charge in [0.15, 0.2) is 0 Å². The van der Waals surface area contributed by atoms with E-state index in [1.54, 1.807) is 6.92 Å². The van der Waals surface area contributed by atoms with E-state index in [1.807, 2.05) is 6.92 Å². The van der Waals surface area contributed by atoms with E-state index < -0.39 is 11.8 Å². The molecule has 0 aliphatic rings. The van der Waals surface area contributed by atoms with E-state index in [0.717, 1.165) is 0 Å². The van der Waals surface area contributed by atoms with Gasteiger partial charge in [0.1, 0.15) is 0 Å². The standard InChI is InChI=1S/C6H10BO4.CH4/c1-3-4(2)5(8)11-7-6(9)10;/h4H,3H2,1-2H3,(H,9,10);1H4/p-1. The van der Waals surface area contributed by atoms with Crippen LogP contribution < -0.4 is 5.11 Å². The quantitative estimate of drug-likeness (QED) is 0.567. The van der Waals surface area contributed by atoms with Crippen molar-refractivity contribution in [2.45, 2.75) is 27.7 Å². The topological polar surface area (TPSA) is 66.4 Å². The van der Waals surface area contributed by atoms with Crippen molar-refractivity contribution in [3.05, 3.63) is 0 Å². The molecule has 1 unspecified atom stereocenters. The van der Waals surface area contributed by atoms with Crippen LogP contribution in [0.5, 0.6) is 0 Å². The van der Waals surface area contributed by atoms with Gasteiger partial charge in [-0.25, -0.2) is 0 Å². The van der Waals surface area contributed by atoms with Gasteiger partial charge in [-0.15, -0.1) is 0 Å². The van der Waals surface area contributed by atoms with Crippen molar-refractivity contribution in [2.75, 3.05) is 0 Å². The smallest absolute Gasteiger partial charge is 0.429 e. The van der Waals surface area contributed by atoms with Crippen molar-refractivity contribution in [1.29, 1.82) is 0 Å². The molecule has 0 rings (SSSR count). The molecule has 0 saturated carbocycles. The van der Waals surface area contributed by atoms with Gasteiger partial charge in [0.2, 0.25) is 0 Å². The fourth-order valence-corrected chi connectivity index (χ4v) is 0.389. The van der Waals surface area contributed by atoms with Crippen LogP contribution >= 0.6 is 0 Å². The maximum atomic E-state index is 10.7. The van der Waals surface area contributed by atoms with Crippen molar-refractivity contribution in [2.24, 2.45) is 5.92 Å². The van der Waals surface area contributed by atoms with E-state index >= 15 is 0 Å². The number of carbonyl (C=O) groups is 2. The van der Waals surface area contributed by atoms with Crippen LogP contribution in [0.15, 0.2) is 0 Å². The first kappa shape index (κ1) is 13.6. The van der Waals surface area contributed by atoms with Gasteiger partial charge in [-0.2, -0.15) is 0 Å². The summed E-state index contributed by atoms with van der Waals surface area (Å²) in [5.41, 5.74) is 0. The van der Waals surface area contributed by atoms with Crippen molar-refractivity contribution < 1.29 is 19.3 Å². The molecule has 0 saturated heterocycles. The van der Waals surface area contributed by atoms with E-state index in [0.29, 0.717) is 13.9 Å². The molecule has 4 nitrogen and oxygen atoms in total. The van der Waals surface area contributed by atoms with Crippen molar-refractivity contribution in [1.82, 2.24) is 0 Å². The van der Waals surface area contributed by atoms with E-state index in [4.69, 9.17) is 0 Å². The lowest BCUT2D eigenvalue weighted by atomic mass is 10.0. The van der Waals surface area contributed by atoms with Gasteiger partial charge < -0.3 is 14.6 Å². The van der Waals surface area contributed by atoms with E-state index in [2.05, 4.69) is 4.65 Å². The molecule has 0 spiro atoms. The SMILES string of the molecule is C.CCC(C)C(=O)O[B]C(=O)[O-]. The Labute approximate surface area is 73.2 Å². The Morgan fingerprint density at radius 2 is 2.08 bits per heavy atom. The lowest BCUT2D eigenvalue weighted by Crippen LogP contribution is -2.31. The summed E-state index contributed by atoms with van der Waals surface area (Å²) in [7, 11) is 0.383. The monoisotopic (exact) mass is 172 g/mol. The molecule has 1 atom stereocenters. The van der Waals surface area contributed by atoms with Crippen LogP contribution in [0.25, 0.3) is 0 Å². The summed E-state index contributed by atoms with van der Waals surface area (Å²) in [5, 5.41) is 9.77. The van der Waals surface area contributed by atoms with Gasteiger partial charge in [0.05, 0.1) is 11.8 Å². The van der Waals surface area contributed by atoms with Crippen LogP contribution in [-0.2, 0) is 9.45 Å². The molecule has 69 valence electrons. The fourth-order valence-electron chi connectivity index (χ4n) is 0.389. The molecule has 0 heterocycles. The molecule has 0 aromatic heterocycles. The van der Waals surface area contributed by atoms with Crippen LogP contribution in [0.3, 0.4) is 0 Å². The summed E-state index contributed by atoms with van der Waals surface area (Å²) in [5.74, 6) is -2.32. The lowest BCUT2D eigenvalue weighted by molar-refractivity contribution is -0.235. The third kappa shape index (κ3) is 5.76. The third-order valence-corrected chi connectivity index (χ3v) is 1.29. The molecule has 0 N–H and O–H groups in total. The Bertz CT molecular complexity index is 157. The Morgan fingerprint density at radius 1 is 1.58 bits per heavy atom. The highest BCUT2D eigenvalue weighted by atomic mass is 16.5. The summed E-state index contributed by atoms with van der Waals surface area (Å²) in [6, 6.07) is 0. The summed E-state index contributed by atoms with van der Waals surface area (Å²) < 4.78 is 4.23. The average molecular weight is 172 g/mol. The highest BCUT2D eigenvalue weighted by Gasteiger charge is 2.11. The number of carboxylic acid groups (broad SMARTS) is 1. The molecule has 0 fully saturated rings. The maximum absolute atomic E-state index is 10.7. The molecule has 12 heavy (non-hydrogen) atoms. The molecular formula is C7H13BO4-. The highest BCUT2D eigenvalue weighted by Crippen LogP contribution is 2.01. The van der Waals surface area contributed by atoms with Gasteiger partial charge in [-0.3, -0.25) is 4.79 Å². The Kier molecular flexibility index (Phi) is 7.58. The number of carbonyl (C=O) groups excluding carboxylic acids is 2. The van der Waals surface area contributed by atoms with Crippen LogP contribution in [0.4, 0.5) is 4.79 Å². The van der Waals surface area contributed by atoms with E-state index in [-0.39, 0.29) is 13.3 Å². The van der Waals surface area contributed by atoms with Gasteiger partial charge in [0.25, 0.3) is 5.97 Å². The van der Waals surface area contributed by atoms with Crippen molar-refractivity contribution in [3.8, 4) is 0 Å². The largest absolute Gasteiger partial charge is 0.557 e. The second-order valence-electron chi connectivity index (χ2n) is 2.18. The molecule has 5 heteroatoms. The minimum absolute atomic E-state index is 0. The zero-order chi connectivity index (χ0) is 8.85. The average Bonchev–Trinajstić information content (AvgIpc) is 1.98. The molecular weight excluding hydrogens is 159 g/mol. The Balaban J connectivity index is 0. The summed E-state index contributed by atoms with van der Waals surface area (Å²) in [6.45, 7) is 3.47. The van der Waals surface area contributed by atoms with Gasteiger partial charge in [0, 0.05) is 0 Å². The summed E-state index contributed by atoms with van der Waals surface area (Å²) >= 11 is 0. The predicted octanol–water partition coefficient (Wildman–Crippen LogP) is 0.174.